The molecule has 220 valence electrons. The summed E-state index contributed by atoms with van der Waals surface area (Å²) in [7, 11) is -1.91. The second kappa shape index (κ2) is 17.1. The molecule has 2 rings (SSSR count). The molecule has 0 fully saturated rings. The van der Waals surface area contributed by atoms with Crippen LogP contribution < -0.4 is 16.6 Å². The van der Waals surface area contributed by atoms with Crippen molar-refractivity contribution in [1.82, 2.24) is 24.6 Å². The molecule has 39 heavy (non-hydrogen) atoms. The summed E-state index contributed by atoms with van der Waals surface area (Å²) in [6.07, 6.45) is 6.79. The minimum Gasteiger partial charge on any atom is -0.464 e. The van der Waals surface area contributed by atoms with E-state index in [2.05, 4.69) is 27.0 Å². The Balaban J connectivity index is 0.000000646. The minimum atomic E-state index is -1.91. The van der Waals surface area contributed by atoms with Gasteiger partial charge < -0.3 is 30.2 Å². The van der Waals surface area contributed by atoms with Crippen LogP contribution in [0.2, 0.25) is 0 Å². The number of nitrogens with one attached hydrogen (secondary N) is 1. The second-order valence-electron chi connectivity index (χ2n) is 10.1. The van der Waals surface area contributed by atoms with E-state index in [0.29, 0.717) is 30.1 Å². The fourth-order valence-corrected chi connectivity index (χ4v) is 4.06. The molecule has 5 N–H and O–H groups in total. The third-order valence-corrected chi connectivity index (χ3v) is 6.22. The maximum absolute atomic E-state index is 12.2. The van der Waals surface area contributed by atoms with E-state index in [9.17, 15) is 14.2 Å². The molecule has 13 nitrogen and oxygen atoms in total. The van der Waals surface area contributed by atoms with Gasteiger partial charge in [0.25, 0.3) is 6.35 Å². The van der Waals surface area contributed by atoms with E-state index in [-0.39, 0.29) is 24.5 Å². The number of nitrogens with zero attached hydrogens (tertiary/aromatic N) is 4. The van der Waals surface area contributed by atoms with E-state index in [1.54, 1.807) is 45.5 Å². The van der Waals surface area contributed by atoms with Crippen LogP contribution in [0.5, 0.6) is 0 Å². The van der Waals surface area contributed by atoms with Gasteiger partial charge in [-0.15, -0.1) is 0 Å². The number of anilines is 1. The molecule has 2 heterocycles. The highest BCUT2D eigenvalue weighted by atomic mass is 31.1. The average molecular weight is 571 g/mol. The Morgan fingerprint density at radius 1 is 1.13 bits per heavy atom. The van der Waals surface area contributed by atoms with Crippen LogP contribution in [0.4, 0.5) is 5.82 Å². The first-order chi connectivity index (χ1) is 18.3. The minimum absolute atomic E-state index is 0.0195. The largest absolute Gasteiger partial charge is 0.464 e. The number of nitrogens with two attached hydrogens (primary N) is 2. The smallest absolute Gasteiger partial charge is 0.461 e. The monoisotopic (exact) mass is 570 g/mol. The maximum Gasteiger partial charge on any atom is 0.461 e. The number of ether oxygens (including phenoxy) is 3. The van der Waals surface area contributed by atoms with Crippen LogP contribution in [0.3, 0.4) is 0 Å². The highest BCUT2D eigenvalue weighted by molar-refractivity contribution is 7.42. The summed E-state index contributed by atoms with van der Waals surface area (Å²) in [5.74, 6) is -0.441. The molecule has 0 aromatic carbocycles. The number of hydrogen-bond donors (Lipinski definition) is 3. The van der Waals surface area contributed by atoms with E-state index < -0.39 is 25.5 Å². The van der Waals surface area contributed by atoms with Crippen LogP contribution in [0, 0.1) is 0 Å². The predicted octanol–water partition coefficient (Wildman–Crippen LogP) is 3.29. The molecule has 0 aliphatic carbocycles. The lowest BCUT2D eigenvalue weighted by molar-refractivity contribution is -0.152. The predicted molar refractivity (Wildman–Crippen MR) is 150 cm³/mol. The Kier molecular flexibility index (Phi) is 15.0. The second-order valence-corrected chi connectivity index (χ2v) is 11.3. The van der Waals surface area contributed by atoms with E-state index in [1.165, 1.54) is 6.33 Å². The molecule has 2 aromatic rings. The van der Waals surface area contributed by atoms with E-state index in [4.69, 9.17) is 25.7 Å². The van der Waals surface area contributed by atoms with Gasteiger partial charge >= 0.3 is 19.9 Å². The zero-order valence-electron chi connectivity index (χ0n) is 24.2. The summed E-state index contributed by atoms with van der Waals surface area (Å²) < 4.78 is 29.7. The molecule has 0 saturated carbocycles. The molecule has 0 radical (unpaired) electrons. The van der Waals surface area contributed by atoms with Crippen molar-refractivity contribution >= 4 is 36.9 Å². The van der Waals surface area contributed by atoms with E-state index >= 15 is 0 Å². The number of aromatic nitrogens is 4. The van der Waals surface area contributed by atoms with E-state index in [1.807, 2.05) is 6.92 Å². The number of carbonyl (C=O) groups excluding carboxylic acids is 2. The molecule has 0 saturated heterocycles. The quantitative estimate of drug-likeness (QED) is 0.161. The Bertz CT molecular complexity index is 1060. The fraction of sp³-hybridized carbons (Fsp3) is 0.720. The molecule has 0 spiro atoms. The topological polar surface area (TPSA) is 187 Å². The summed E-state index contributed by atoms with van der Waals surface area (Å²) in [4.78, 5) is 35.1. The van der Waals surface area contributed by atoms with E-state index in [0.717, 1.165) is 25.7 Å². The molecule has 0 amide bonds. The molecule has 3 unspecified atom stereocenters. The first-order valence-corrected chi connectivity index (χ1v) is 14.6. The SMILES string of the molecule is CC(C)OC(=O)C(C)(C)N.CCCCCCOC(=O)C(C)N[P+](=O)COC(C)Cn1cnc2c(N)ncnc21. The number of imidazole rings is 1. The van der Waals surface area contributed by atoms with Gasteiger partial charge in [-0.1, -0.05) is 31.3 Å². The first-order valence-electron chi connectivity index (χ1n) is 13.2. The standard InChI is InChI=1S/C18H30N6O4P.C7H15NO2/c1-4-5-6-7-8-27-18(25)14(3)23-29(26)12-28-13(2)9-24-11-22-15-16(19)20-10-21-17(15)24;1-5(2)10-6(9)7(3,4)8/h10-11,13-14H,4-9,12H2,1-3H3,(H,23,26)(H2,19,20,21);5H,8H2,1-4H3/q+1;. The maximum atomic E-state index is 12.2. The molecule has 0 bridgehead atoms. The summed E-state index contributed by atoms with van der Waals surface area (Å²) in [6.45, 7) is 13.3. The lowest BCUT2D eigenvalue weighted by Crippen LogP contribution is -2.43. The van der Waals surface area contributed by atoms with Gasteiger partial charge in [0.15, 0.2) is 11.5 Å². The van der Waals surface area contributed by atoms with Gasteiger partial charge in [0.1, 0.15) is 23.4 Å². The molecule has 2 aromatic heterocycles. The Labute approximate surface area is 231 Å². The zero-order chi connectivity index (χ0) is 29.6. The van der Waals surface area contributed by atoms with Crippen molar-refractivity contribution < 1.29 is 28.4 Å². The molecule has 3 atom stereocenters. The van der Waals surface area contributed by atoms with Gasteiger partial charge in [-0.05, 0) is 52.5 Å². The number of unbranched alkanes of at least 4 members (excludes halogenated alkanes) is 3. The molecule has 0 aliphatic rings. The van der Waals surface area contributed by atoms with Crippen molar-refractivity contribution in [2.24, 2.45) is 5.73 Å². The highest BCUT2D eigenvalue weighted by Crippen LogP contribution is 2.19. The number of esters is 2. The van der Waals surface area contributed by atoms with Crippen LogP contribution in [-0.4, -0.2) is 68.2 Å². The third kappa shape index (κ3) is 13.3. The number of nitrogen functional groups attached to an aromatic ring is 1. The Morgan fingerprint density at radius 2 is 1.82 bits per heavy atom. The van der Waals surface area contributed by atoms with Gasteiger partial charge in [0, 0.05) is 0 Å². The van der Waals surface area contributed by atoms with Crippen LogP contribution in [0.15, 0.2) is 12.7 Å². The van der Waals surface area contributed by atoms with Crippen molar-refractivity contribution in [2.75, 3.05) is 18.7 Å². The van der Waals surface area contributed by atoms with Gasteiger partial charge in [-0.2, -0.15) is 0 Å². The number of fused-ring (bicyclic) bond motifs is 1. The van der Waals surface area contributed by atoms with Gasteiger partial charge in [-0.3, -0.25) is 9.59 Å². The van der Waals surface area contributed by atoms with Crippen LogP contribution in [-0.2, 0) is 34.9 Å². The molecular weight excluding hydrogens is 525 g/mol. The van der Waals surface area contributed by atoms with Gasteiger partial charge in [-0.25, -0.2) is 15.0 Å². The summed E-state index contributed by atoms with van der Waals surface area (Å²) in [5, 5.41) is 2.74. The normalized spacial score (nSPS) is 13.4. The van der Waals surface area contributed by atoms with Crippen molar-refractivity contribution in [1.29, 1.82) is 0 Å². The van der Waals surface area contributed by atoms with Gasteiger partial charge in [0.2, 0.25) is 0 Å². The summed E-state index contributed by atoms with van der Waals surface area (Å²) in [6, 6.07) is -0.652. The van der Waals surface area contributed by atoms with Crippen molar-refractivity contribution in [2.45, 2.75) is 104 Å². The molecule has 14 heteroatoms. The number of rotatable bonds is 15. The molecular formula is C25H45N7O6P+. The number of carbonyl (C=O) groups is 2. The van der Waals surface area contributed by atoms with Crippen LogP contribution in [0.1, 0.15) is 74.1 Å². The first kappa shape index (κ1) is 34.3. The average Bonchev–Trinajstić information content (AvgIpc) is 3.25. The van der Waals surface area contributed by atoms with Crippen LogP contribution in [0.25, 0.3) is 11.2 Å². The fourth-order valence-electron chi connectivity index (χ4n) is 3.06. The number of hydrogen-bond acceptors (Lipinski definition) is 11. The zero-order valence-corrected chi connectivity index (χ0v) is 25.1. The highest BCUT2D eigenvalue weighted by Gasteiger charge is 2.26. The summed E-state index contributed by atoms with van der Waals surface area (Å²) >= 11 is 0. The van der Waals surface area contributed by atoms with Gasteiger partial charge in [0.05, 0.1) is 31.7 Å². The van der Waals surface area contributed by atoms with Crippen molar-refractivity contribution in [3.8, 4) is 0 Å². The lowest BCUT2D eigenvalue weighted by atomic mass is 10.1. The lowest BCUT2D eigenvalue weighted by Gasteiger charge is -2.18. The van der Waals surface area contributed by atoms with Crippen molar-refractivity contribution in [3.05, 3.63) is 12.7 Å². The molecule has 0 aliphatic heterocycles. The van der Waals surface area contributed by atoms with Crippen LogP contribution >= 0.6 is 7.95 Å². The summed E-state index contributed by atoms with van der Waals surface area (Å²) in [5.41, 5.74) is 11.5. The van der Waals surface area contributed by atoms with Crippen molar-refractivity contribution in [3.63, 3.8) is 0 Å². The third-order valence-electron chi connectivity index (χ3n) is 5.16. The Hall–Kier alpha value is -2.73. The Morgan fingerprint density at radius 3 is 2.41 bits per heavy atom.